The molecular formula is C22H30N2O3S. The third-order valence-corrected chi connectivity index (χ3v) is 4.29. The normalized spacial score (nSPS) is 11.4. The van der Waals surface area contributed by atoms with Gasteiger partial charge in [-0.25, -0.2) is 0 Å². The molecule has 0 aromatic heterocycles. The van der Waals surface area contributed by atoms with Crippen LogP contribution in [0.3, 0.4) is 0 Å². The van der Waals surface area contributed by atoms with Crippen molar-refractivity contribution in [3.63, 3.8) is 0 Å². The van der Waals surface area contributed by atoms with Gasteiger partial charge in [-0.1, -0.05) is 26.0 Å². The minimum Gasteiger partial charge on any atom is -0.497 e. The van der Waals surface area contributed by atoms with Crippen LogP contribution in [0.4, 0.5) is 5.69 Å². The Morgan fingerprint density at radius 2 is 1.71 bits per heavy atom. The van der Waals surface area contributed by atoms with Gasteiger partial charge in [0.2, 0.25) is 0 Å². The van der Waals surface area contributed by atoms with E-state index in [-0.39, 0.29) is 6.04 Å². The fourth-order valence-electron chi connectivity index (χ4n) is 2.60. The second kappa shape index (κ2) is 11.4. The lowest BCUT2D eigenvalue weighted by molar-refractivity contribution is 0.268. The van der Waals surface area contributed by atoms with Crippen molar-refractivity contribution in [1.82, 2.24) is 5.32 Å². The van der Waals surface area contributed by atoms with E-state index in [4.69, 9.17) is 26.4 Å². The molecule has 0 saturated heterocycles. The van der Waals surface area contributed by atoms with Crippen molar-refractivity contribution < 1.29 is 14.2 Å². The van der Waals surface area contributed by atoms with Gasteiger partial charge < -0.3 is 24.8 Å². The van der Waals surface area contributed by atoms with Crippen molar-refractivity contribution in [3.8, 4) is 17.2 Å². The Morgan fingerprint density at radius 3 is 2.39 bits per heavy atom. The molecule has 0 unspecified atom stereocenters. The van der Waals surface area contributed by atoms with Gasteiger partial charge in [0.1, 0.15) is 5.75 Å². The van der Waals surface area contributed by atoms with Gasteiger partial charge in [-0.15, -0.1) is 0 Å². The molecule has 2 rings (SSSR count). The van der Waals surface area contributed by atoms with Crippen LogP contribution in [0, 0.1) is 0 Å². The van der Waals surface area contributed by atoms with Gasteiger partial charge in [-0.2, -0.15) is 0 Å². The smallest absolute Gasteiger partial charge is 0.171 e. The van der Waals surface area contributed by atoms with Crippen LogP contribution in [-0.2, 0) is 0 Å². The molecule has 0 heterocycles. The van der Waals surface area contributed by atoms with Crippen molar-refractivity contribution in [2.24, 2.45) is 0 Å². The molecule has 0 spiro atoms. The molecule has 1 atom stereocenters. The van der Waals surface area contributed by atoms with Crippen molar-refractivity contribution in [2.45, 2.75) is 39.7 Å². The number of hydrogen-bond acceptors (Lipinski definition) is 4. The monoisotopic (exact) mass is 402 g/mol. The molecule has 0 radical (unpaired) electrons. The zero-order chi connectivity index (χ0) is 20.4. The van der Waals surface area contributed by atoms with Crippen molar-refractivity contribution in [2.75, 3.05) is 25.6 Å². The molecule has 6 heteroatoms. The van der Waals surface area contributed by atoms with Crippen LogP contribution in [0.1, 0.15) is 45.2 Å². The number of ether oxygens (including phenoxy) is 3. The molecule has 0 bridgehead atoms. The molecular weight excluding hydrogens is 372 g/mol. The number of thiocarbonyl (C=S) groups is 1. The molecule has 0 amide bonds. The lowest BCUT2D eigenvalue weighted by Crippen LogP contribution is -2.30. The molecule has 0 saturated carbocycles. The Kier molecular flexibility index (Phi) is 8.88. The SMILES string of the molecule is CCCOc1ccc([C@@H](C)NC(=S)Nc2cccc(OC)c2)cc1OCCC. The molecule has 0 aliphatic rings. The first-order chi connectivity index (χ1) is 13.6. The Balaban J connectivity index is 2.05. The Labute approximate surface area is 173 Å². The summed E-state index contributed by atoms with van der Waals surface area (Å²) >= 11 is 5.46. The highest BCUT2D eigenvalue weighted by Crippen LogP contribution is 2.31. The standard InChI is InChI=1S/C22H30N2O3S/c1-5-12-26-20-11-10-17(14-21(20)27-13-6-2)16(3)23-22(28)24-18-8-7-9-19(15-18)25-4/h7-11,14-16H,5-6,12-13H2,1-4H3,(H2,23,24,28)/t16-/m1/s1. The molecule has 5 nitrogen and oxygen atoms in total. The summed E-state index contributed by atoms with van der Waals surface area (Å²) in [6.07, 6.45) is 1.90. The molecule has 2 N–H and O–H groups in total. The zero-order valence-corrected chi connectivity index (χ0v) is 17.9. The quantitative estimate of drug-likeness (QED) is 0.525. The second-order valence-electron chi connectivity index (χ2n) is 6.46. The van der Waals surface area contributed by atoms with Crippen LogP contribution >= 0.6 is 12.2 Å². The Bertz CT molecular complexity index is 767. The van der Waals surface area contributed by atoms with Gasteiger partial charge in [0, 0.05) is 11.8 Å². The second-order valence-corrected chi connectivity index (χ2v) is 6.86. The van der Waals surface area contributed by atoms with Gasteiger partial charge >= 0.3 is 0 Å². The maximum atomic E-state index is 5.89. The van der Waals surface area contributed by atoms with E-state index in [1.807, 2.05) is 42.5 Å². The molecule has 0 aliphatic carbocycles. The number of nitrogens with one attached hydrogen (secondary N) is 2. The van der Waals surface area contributed by atoms with Crippen LogP contribution in [0.25, 0.3) is 0 Å². The third kappa shape index (κ3) is 6.60. The van der Waals surface area contributed by atoms with Gasteiger partial charge in [-0.3, -0.25) is 0 Å². The van der Waals surface area contributed by atoms with E-state index < -0.39 is 0 Å². The molecule has 152 valence electrons. The lowest BCUT2D eigenvalue weighted by Gasteiger charge is -2.20. The van der Waals surface area contributed by atoms with Crippen LogP contribution < -0.4 is 24.8 Å². The van der Waals surface area contributed by atoms with Crippen molar-refractivity contribution in [1.29, 1.82) is 0 Å². The van der Waals surface area contributed by atoms with Crippen molar-refractivity contribution >= 4 is 23.0 Å². The summed E-state index contributed by atoms with van der Waals surface area (Å²) in [6.45, 7) is 7.56. The van der Waals surface area contributed by atoms with Crippen LogP contribution in [0.15, 0.2) is 42.5 Å². The summed E-state index contributed by atoms with van der Waals surface area (Å²) in [4.78, 5) is 0. The summed E-state index contributed by atoms with van der Waals surface area (Å²) in [5, 5.41) is 7.05. The summed E-state index contributed by atoms with van der Waals surface area (Å²) in [6, 6.07) is 13.7. The Morgan fingerprint density at radius 1 is 1.00 bits per heavy atom. The lowest BCUT2D eigenvalue weighted by atomic mass is 10.1. The highest BCUT2D eigenvalue weighted by molar-refractivity contribution is 7.80. The average Bonchev–Trinajstić information content (AvgIpc) is 2.70. The zero-order valence-electron chi connectivity index (χ0n) is 17.1. The van der Waals surface area contributed by atoms with Crippen LogP contribution in [0.2, 0.25) is 0 Å². The largest absolute Gasteiger partial charge is 0.497 e. The van der Waals surface area contributed by atoms with Gasteiger partial charge in [0.15, 0.2) is 16.6 Å². The van der Waals surface area contributed by atoms with Gasteiger partial charge in [-0.05, 0) is 61.8 Å². The van der Waals surface area contributed by atoms with Gasteiger partial charge in [0.25, 0.3) is 0 Å². The first kappa shape index (κ1) is 21.8. The highest BCUT2D eigenvalue weighted by Gasteiger charge is 2.12. The van der Waals surface area contributed by atoms with E-state index in [9.17, 15) is 0 Å². The predicted octanol–water partition coefficient (Wildman–Crippen LogP) is 5.32. The number of rotatable bonds is 10. The first-order valence-corrected chi connectivity index (χ1v) is 10.1. The summed E-state index contributed by atoms with van der Waals surface area (Å²) in [7, 11) is 1.64. The van der Waals surface area contributed by atoms with Crippen molar-refractivity contribution in [3.05, 3.63) is 48.0 Å². The minimum absolute atomic E-state index is 0.00908. The summed E-state index contributed by atoms with van der Waals surface area (Å²) in [5.74, 6) is 2.33. The van der Waals surface area contributed by atoms with E-state index in [1.165, 1.54) is 0 Å². The number of methoxy groups -OCH3 is 1. The van der Waals surface area contributed by atoms with Gasteiger partial charge in [0.05, 0.1) is 26.4 Å². The minimum atomic E-state index is 0.00908. The summed E-state index contributed by atoms with van der Waals surface area (Å²) in [5.41, 5.74) is 1.95. The number of hydrogen-bond donors (Lipinski definition) is 2. The first-order valence-electron chi connectivity index (χ1n) is 9.68. The van der Waals surface area contributed by atoms with Crippen LogP contribution in [0.5, 0.6) is 17.2 Å². The fraction of sp³-hybridized carbons (Fsp3) is 0.409. The molecule has 2 aromatic carbocycles. The van der Waals surface area contributed by atoms with E-state index >= 15 is 0 Å². The maximum Gasteiger partial charge on any atom is 0.171 e. The van der Waals surface area contributed by atoms with E-state index in [1.54, 1.807) is 7.11 Å². The third-order valence-electron chi connectivity index (χ3n) is 4.07. The van der Waals surface area contributed by atoms with E-state index in [2.05, 4.69) is 31.4 Å². The Hall–Kier alpha value is -2.47. The molecule has 0 fully saturated rings. The average molecular weight is 403 g/mol. The molecule has 28 heavy (non-hydrogen) atoms. The maximum absolute atomic E-state index is 5.89. The highest BCUT2D eigenvalue weighted by atomic mass is 32.1. The fourth-order valence-corrected chi connectivity index (χ4v) is 2.89. The number of benzene rings is 2. The van der Waals surface area contributed by atoms with Crippen LogP contribution in [-0.4, -0.2) is 25.4 Å². The predicted molar refractivity (Wildman–Crippen MR) is 119 cm³/mol. The number of anilines is 1. The van der Waals surface area contributed by atoms with E-state index in [0.29, 0.717) is 18.3 Å². The van der Waals surface area contributed by atoms with E-state index in [0.717, 1.165) is 41.3 Å². The summed E-state index contributed by atoms with van der Waals surface area (Å²) < 4.78 is 16.9. The molecule has 2 aromatic rings. The molecule has 0 aliphatic heterocycles. The topological polar surface area (TPSA) is 51.8 Å².